The van der Waals surface area contributed by atoms with Gasteiger partial charge in [-0.15, -0.1) is 0 Å². The van der Waals surface area contributed by atoms with E-state index in [2.05, 4.69) is 6.92 Å². The first-order valence-corrected chi connectivity index (χ1v) is 11.2. The zero-order valence-electron chi connectivity index (χ0n) is 17.8. The van der Waals surface area contributed by atoms with Crippen molar-refractivity contribution in [2.24, 2.45) is 40.9 Å². The molecule has 158 valence electrons. The average molecular weight is 385 g/mol. The Hall–Kier alpha value is -0.480. The second kappa shape index (κ2) is 9.82. The van der Waals surface area contributed by atoms with Crippen molar-refractivity contribution in [1.29, 1.82) is 0 Å². The number of carbonyl (C=O) groups excluding carboxylic acids is 1. The van der Waals surface area contributed by atoms with Gasteiger partial charge >= 0.3 is 0 Å². The summed E-state index contributed by atoms with van der Waals surface area (Å²) in [5.41, 5.74) is 0.141. The van der Waals surface area contributed by atoms with E-state index in [9.17, 15) is 19.4 Å². The smallest absolute Gasteiger partial charge is 0.161 e. The van der Waals surface area contributed by atoms with E-state index in [1.54, 1.807) is 0 Å². The molecule has 0 aliphatic heterocycles. The number of alkyl halides is 1. The lowest BCUT2D eigenvalue weighted by atomic mass is 9.49. The summed E-state index contributed by atoms with van der Waals surface area (Å²) in [7, 11) is 0.500. The zero-order chi connectivity index (χ0) is 20.2. The van der Waals surface area contributed by atoms with Crippen LogP contribution in [0.15, 0.2) is 0 Å². The minimum Gasteiger partial charge on any atom is -0.393 e. The van der Waals surface area contributed by atoms with Crippen LogP contribution in [0.2, 0.25) is 0 Å². The summed E-state index contributed by atoms with van der Waals surface area (Å²) in [4.78, 5) is 12.2. The maximum Gasteiger partial charge on any atom is 0.161 e. The summed E-state index contributed by atoms with van der Waals surface area (Å²) in [5, 5.41) is 19.3. The maximum atomic E-state index is 12.2. The zero-order valence-corrected chi connectivity index (χ0v) is 17.8. The molecule has 4 heteroatoms. The lowest BCUT2D eigenvalue weighted by molar-refractivity contribution is -0.133. The molecule has 27 heavy (non-hydrogen) atoms. The van der Waals surface area contributed by atoms with Crippen molar-refractivity contribution in [2.45, 2.75) is 84.7 Å². The third kappa shape index (κ3) is 4.12. The molecule has 0 aromatic heterocycles. The number of aliphatic hydroxyl groups is 2. The molecule has 0 aromatic carbocycles. The van der Waals surface area contributed by atoms with Crippen LogP contribution in [-0.2, 0) is 4.79 Å². The van der Waals surface area contributed by atoms with Gasteiger partial charge in [-0.1, -0.05) is 20.8 Å². The predicted octanol–water partition coefficient (Wildman–Crippen LogP) is 4.79. The molecular weight excluding hydrogens is 343 g/mol. The fraction of sp³-hybridized carbons (Fsp3) is 0.957. The van der Waals surface area contributed by atoms with E-state index in [0.717, 1.165) is 42.9 Å². The molecular formula is C23H41FO3. The molecule has 0 bridgehead atoms. The van der Waals surface area contributed by atoms with Crippen LogP contribution >= 0.6 is 0 Å². The second-order valence-electron chi connectivity index (χ2n) is 9.20. The number of hydrogen-bond donors (Lipinski definition) is 2. The van der Waals surface area contributed by atoms with Crippen LogP contribution in [0.3, 0.4) is 0 Å². The number of Topliss-reactive ketones (excluding diaryl/α,β-unsaturated/α-hetero) is 1. The standard InChI is InChI=1S/C20H32O3.C2H6.CH3F/c1-20-9-8-15-14-5-3-13(22)10-12(14)2-4-16(15)17(20)6-7-18(20)19(23)11-21;2*1-2/h12-18,21-22H,2-11H2,1H3;1-2H3;1H3. The van der Waals surface area contributed by atoms with Gasteiger partial charge < -0.3 is 10.2 Å². The summed E-state index contributed by atoms with van der Waals surface area (Å²) in [5.74, 6) is 4.08. The van der Waals surface area contributed by atoms with Crippen molar-refractivity contribution in [3.8, 4) is 0 Å². The van der Waals surface area contributed by atoms with Crippen molar-refractivity contribution in [3.63, 3.8) is 0 Å². The quantitative estimate of drug-likeness (QED) is 0.720. The molecule has 2 N–H and O–H groups in total. The summed E-state index contributed by atoms with van der Waals surface area (Å²) >= 11 is 0. The Balaban J connectivity index is 0.000000614. The van der Waals surface area contributed by atoms with Crippen molar-refractivity contribution >= 4 is 5.78 Å². The second-order valence-corrected chi connectivity index (χ2v) is 9.20. The van der Waals surface area contributed by atoms with E-state index < -0.39 is 0 Å². The van der Waals surface area contributed by atoms with Crippen LogP contribution in [-0.4, -0.2) is 35.9 Å². The molecule has 8 atom stereocenters. The summed E-state index contributed by atoms with van der Waals surface area (Å²) in [6.45, 7) is 6.07. The molecule has 4 fully saturated rings. The van der Waals surface area contributed by atoms with Gasteiger partial charge in [-0.3, -0.25) is 9.18 Å². The fourth-order valence-corrected chi connectivity index (χ4v) is 7.47. The molecule has 0 aromatic rings. The Labute approximate surface area is 165 Å². The molecule has 4 saturated carbocycles. The number of carbonyl (C=O) groups is 1. The highest BCUT2D eigenvalue weighted by molar-refractivity contribution is 5.83. The number of aliphatic hydroxyl groups excluding tert-OH is 2. The minimum atomic E-state index is -0.274. The van der Waals surface area contributed by atoms with Gasteiger partial charge in [-0.2, -0.15) is 0 Å². The van der Waals surface area contributed by atoms with Crippen LogP contribution in [0.5, 0.6) is 0 Å². The van der Waals surface area contributed by atoms with Gasteiger partial charge in [0, 0.05) is 5.92 Å². The van der Waals surface area contributed by atoms with E-state index in [1.165, 1.54) is 38.5 Å². The van der Waals surface area contributed by atoms with E-state index >= 15 is 0 Å². The molecule has 4 rings (SSSR count). The Kier molecular flexibility index (Phi) is 8.30. The van der Waals surface area contributed by atoms with Crippen molar-refractivity contribution in [2.75, 3.05) is 13.8 Å². The molecule has 3 nitrogen and oxygen atoms in total. The number of hydrogen-bond acceptors (Lipinski definition) is 3. The summed E-state index contributed by atoms with van der Waals surface area (Å²) in [6.07, 6.45) is 10.4. The molecule has 0 radical (unpaired) electrons. The monoisotopic (exact) mass is 384 g/mol. The highest BCUT2D eigenvalue weighted by Crippen LogP contribution is 2.64. The molecule has 0 amide bonds. The third-order valence-electron chi connectivity index (χ3n) is 8.47. The Morgan fingerprint density at radius 2 is 1.63 bits per heavy atom. The Morgan fingerprint density at radius 3 is 2.30 bits per heavy atom. The topological polar surface area (TPSA) is 57.5 Å². The Bertz CT molecular complexity index is 482. The van der Waals surface area contributed by atoms with Gasteiger partial charge in [0.05, 0.1) is 13.3 Å². The van der Waals surface area contributed by atoms with Gasteiger partial charge in [0.2, 0.25) is 0 Å². The van der Waals surface area contributed by atoms with Gasteiger partial charge in [0.1, 0.15) is 6.61 Å². The first-order valence-electron chi connectivity index (χ1n) is 11.2. The van der Waals surface area contributed by atoms with E-state index in [4.69, 9.17) is 0 Å². The Morgan fingerprint density at radius 1 is 0.963 bits per heavy atom. The lowest BCUT2D eigenvalue weighted by Crippen LogP contribution is -2.49. The van der Waals surface area contributed by atoms with Gasteiger partial charge in [-0.25, -0.2) is 0 Å². The first kappa shape index (κ1) is 22.8. The molecule has 4 aliphatic carbocycles. The molecule has 0 heterocycles. The van der Waals surface area contributed by atoms with Crippen molar-refractivity contribution in [1.82, 2.24) is 0 Å². The highest BCUT2D eigenvalue weighted by Gasteiger charge is 2.58. The van der Waals surface area contributed by atoms with Crippen molar-refractivity contribution < 1.29 is 19.4 Å². The fourth-order valence-electron chi connectivity index (χ4n) is 7.47. The molecule has 8 unspecified atom stereocenters. The van der Waals surface area contributed by atoms with Gasteiger partial charge in [0.25, 0.3) is 0 Å². The van der Waals surface area contributed by atoms with Crippen molar-refractivity contribution in [3.05, 3.63) is 0 Å². The van der Waals surface area contributed by atoms with Crippen LogP contribution < -0.4 is 0 Å². The molecule has 0 saturated heterocycles. The maximum absolute atomic E-state index is 12.2. The van der Waals surface area contributed by atoms with Gasteiger partial charge in [-0.05, 0) is 92.8 Å². The third-order valence-corrected chi connectivity index (χ3v) is 8.47. The van der Waals surface area contributed by atoms with Crippen LogP contribution in [0, 0.1) is 40.9 Å². The van der Waals surface area contributed by atoms with E-state index in [-0.39, 0.29) is 29.8 Å². The average Bonchev–Trinajstić information content (AvgIpc) is 3.07. The normalized spacial score (nSPS) is 45.1. The van der Waals surface area contributed by atoms with Gasteiger partial charge in [0.15, 0.2) is 5.78 Å². The predicted molar refractivity (Wildman–Crippen MR) is 107 cm³/mol. The van der Waals surface area contributed by atoms with Crippen LogP contribution in [0.25, 0.3) is 0 Å². The highest BCUT2D eigenvalue weighted by atomic mass is 19.1. The minimum absolute atomic E-state index is 0.0558. The largest absolute Gasteiger partial charge is 0.393 e. The number of rotatable bonds is 2. The number of fused-ring (bicyclic) bond motifs is 5. The summed E-state index contributed by atoms with van der Waals surface area (Å²) < 4.78 is 9.50. The summed E-state index contributed by atoms with van der Waals surface area (Å²) in [6, 6.07) is 0. The number of ketones is 1. The first-order chi connectivity index (χ1) is 13.0. The lowest BCUT2D eigenvalue weighted by Gasteiger charge is -2.56. The van der Waals surface area contributed by atoms with Crippen LogP contribution in [0.4, 0.5) is 4.39 Å². The SMILES string of the molecule is CC.CC12CCC3C4CCC(O)CC4CCC3C1CCC2C(=O)CO.CF. The molecule has 4 aliphatic rings. The molecule has 0 spiro atoms. The van der Waals surface area contributed by atoms with Crippen LogP contribution in [0.1, 0.15) is 78.6 Å². The number of halogens is 1. The van der Waals surface area contributed by atoms with E-state index in [1.807, 2.05) is 13.8 Å². The van der Waals surface area contributed by atoms with E-state index in [0.29, 0.717) is 13.1 Å².